The van der Waals surface area contributed by atoms with Crippen molar-refractivity contribution in [2.75, 3.05) is 20.4 Å². The van der Waals surface area contributed by atoms with Crippen molar-refractivity contribution < 1.29 is 19.0 Å². The Bertz CT molecular complexity index is 393. The number of hydrogen-bond acceptors (Lipinski definition) is 4. The number of benzene rings is 1. The molecule has 1 N–H and O–H groups in total. The fourth-order valence-electron chi connectivity index (χ4n) is 1.60. The lowest BCUT2D eigenvalue weighted by molar-refractivity contribution is -0.109. The van der Waals surface area contributed by atoms with Gasteiger partial charge in [0.05, 0.1) is 7.11 Å². The average molecular weight is 253 g/mol. The van der Waals surface area contributed by atoms with Crippen LogP contribution in [0.2, 0.25) is 0 Å². The van der Waals surface area contributed by atoms with E-state index < -0.39 is 0 Å². The summed E-state index contributed by atoms with van der Waals surface area (Å²) in [5.74, 6) is 2.01. The largest absolute Gasteiger partial charge is 0.493 e. The Kier molecular flexibility index (Phi) is 5.84. The first kappa shape index (κ1) is 14.2. The van der Waals surface area contributed by atoms with Crippen LogP contribution in [0.3, 0.4) is 0 Å². The monoisotopic (exact) mass is 253 g/mol. The molecule has 0 aromatic heterocycles. The molecule has 5 heteroatoms. The molecule has 5 nitrogen and oxygen atoms in total. The van der Waals surface area contributed by atoms with Crippen LogP contribution in [-0.2, 0) is 11.2 Å². The molecule has 1 heterocycles. The first-order valence-electron chi connectivity index (χ1n) is 5.98. The van der Waals surface area contributed by atoms with E-state index in [0.29, 0.717) is 30.2 Å². The van der Waals surface area contributed by atoms with Crippen molar-refractivity contribution in [3.63, 3.8) is 0 Å². The third-order valence-electron chi connectivity index (χ3n) is 2.36. The first-order chi connectivity index (χ1) is 8.85. The van der Waals surface area contributed by atoms with Gasteiger partial charge >= 0.3 is 0 Å². The standard InChI is InChI=1S/C11H13NO4.C2H6/c1-14-9-4-8(2-3-12-6-13)5-10-11(9)16-7-15-10;1-2/h4-6H,2-3,7H2,1H3,(H,12,13);1-2H3. The molecule has 0 saturated heterocycles. The zero-order chi connectivity index (χ0) is 13.4. The average Bonchev–Trinajstić information content (AvgIpc) is 2.88. The molecule has 2 rings (SSSR count). The van der Waals surface area contributed by atoms with Gasteiger partial charge in [-0.15, -0.1) is 0 Å². The molecule has 0 aliphatic carbocycles. The van der Waals surface area contributed by atoms with Gasteiger partial charge in [-0.25, -0.2) is 0 Å². The second kappa shape index (κ2) is 7.42. The third-order valence-corrected chi connectivity index (χ3v) is 2.36. The molecule has 0 radical (unpaired) electrons. The van der Waals surface area contributed by atoms with Crippen LogP contribution in [0.4, 0.5) is 0 Å². The second-order valence-electron chi connectivity index (χ2n) is 3.35. The fraction of sp³-hybridized carbons (Fsp3) is 0.462. The molecule has 100 valence electrons. The summed E-state index contributed by atoms with van der Waals surface area (Å²) in [6, 6.07) is 3.79. The maximum atomic E-state index is 10.1. The van der Waals surface area contributed by atoms with Gasteiger partial charge in [-0.05, 0) is 24.1 Å². The summed E-state index contributed by atoms with van der Waals surface area (Å²) in [6.07, 6.45) is 1.41. The number of fused-ring (bicyclic) bond motifs is 1. The Morgan fingerprint density at radius 2 is 2.17 bits per heavy atom. The molecule has 1 amide bonds. The van der Waals surface area contributed by atoms with Crippen molar-refractivity contribution in [2.45, 2.75) is 20.3 Å². The van der Waals surface area contributed by atoms with Crippen LogP contribution < -0.4 is 19.5 Å². The lowest BCUT2D eigenvalue weighted by Crippen LogP contribution is -2.14. The number of amides is 1. The SMILES string of the molecule is CC.COc1cc(CCNC=O)cc2c1OCO2. The van der Waals surface area contributed by atoms with Gasteiger partial charge < -0.3 is 19.5 Å². The Labute approximate surface area is 107 Å². The van der Waals surface area contributed by atoms with Crippen molar-refractivity contribution in [3.05, 3.63) is 17.7 Å². The van der Waals surface area contributed by atoms with Gasteiger partial charge in [0.2, 0.25) is 19.0 Å². The molecule has 0 spiro atoms. The van der Waals surface area contributed by atoms with Crippen LogP contribution in [-0.4, -0.2) is 26.9 Å². The molecular weight excluding hydrogens is 234 g/mol. The smallest absolute Gasteiger partial charge is 0.231 e. The number of hydrogen-bond donors (Lipinski definition) is 1. The van der Waals surface area contributed by atoms with Crippen molar-refractivity contribution in [1.82, 2.24) is 5.32 Å². The summed E-state index contributed by atoms with van der Waals surface area (Å²) < 4.78 is 15.8. The summed E-state index contributed by atoms with van der Waals surface area (Å²) in [4.78, 5) is 10.1. The highest BCUT2D eigenvalue weighted by atomic mass is 16.7. The molecular formula is C13H19NO4. The number of carbonyl (C=O) groups is 1. The maximum Gasteiger partial charge on any atom is 0.231 e. The van der Waals surface area contributed by atoms with Crippen LogP contribution >= 0.6 is 0 Å². The van der Waals surface area contributed by atoms with E-state index in [1.54, 1.807) is 7.11 Å². The number of ether oxygens (including phenoxy) is 3. The normalized spacial score (nSPS) is 11.3. The number of rotatable bonds is 5. The quantitative estimate of drug-likeness (QED) is 0.641. The van der Waals surface area contributed by atoms with E-state index in [1.165, 1.54) is 0 Å². The van der Waals surface area contributed by atoms with Crippen molar-refractivity contribution in [3.8, 4) is 17.2 Å². The number of nitrogens with one attached hydrogen (secondary N) is 1. The third kappa shape index (κ3) is 3.29. The van der Waals surface area contributed by atoms with Crippen molar-refractivity contribution in [1.29, 1.82) is 0 Å². The highest BCUT2D eigenvalue weighted by Crippen LogP contribution is 2.41. The van der Waals surface area contributed by atoms with E-state index in [0.717, 1.165) is 12.0 Å². The van der Waals surface area contributed by atoms with Gasteiger partial charge in [0.1, 0.15) is 0 Å². The van der Waals surface area contributed by atoms with E-state index in [9.17, 15) is 4.79 Å². The van der Waals surface area contributed by atoms with Gasteiger partial charge in [-0.2, -0.15) is 0 Å². The summed E-state index contributed by atoms with van der Waals surface area (Å²) >= 11 is 0. The molecule has 18 heavy (non-hydrogen) atoms. The van der Waals surface area contributed by atoms with Crippen LogP contribution in [0.25, 0.3) is 0 Å². The molecule has 0 bridgehead atoms. The minimum Gasteiger partial charge on any atom is -0.493 e. The van der Waals surface area contributed by atoms with Gasteiger partial charge in [0.15, 0.2) is 11.5 Å². The van der Waals surface area contributed by atoms with Crippen molar-refractivity contribution in [2.24, 2.45) is 0 Å². The number of methoxy groups -OCH3 is 1. The molecule has 1 aliphatic rings. The Morgan fingerprint density at radius 3 is 2.83 bits per heavy atom. The molecule has 0 atom stereocenters. The molecule has 0 saturated carbocycles. The van der Waals surface area contributed by atoms with Gasteiger partial charge in [0, 0.05) is 6.54 Å². The topological polar surface area (TPSA) is 56.8 Å². The molecule has 1 aromatic carbocycles. The lowest BCUT2D eigenvalue weighted by Gasteiger charge is -2.07. The summed E-state index contributed by atoms with van der Waals surface area (Å²) in [5, 5.41) is 2.61. The Morgan fingerprint density at radius 1 is 1.39 bits per heavy atom. The van der Waals surface area contributed by atoms with Crippen molar-refractivity contribution >= 4 is 6.41 Å². The van der Waals surface area contributed by atoms with Crippen LogP contribution in [0.15, 0.2) is 12.1 Å². The summed E-state index contributed by atoms with van der Waals surface area (Å²) in [5.41, 5.74) is 1.04. The Balaban J connectivity index is 0.000000771. The van der Waals surface area contributed by atoms with Gasteiger partial charge in [-0.3, -0.25) is 4.79 Å². The van der Waals surface area contributed by atoms with Crippen LogP contribution in [0, 0.1) is 0 Å². The molecule has 0 fully saturated rings. The highest BCUT2D eigenvalue weighted by Gasteiger charge is 2.19. The van der Waals surface area contributed by atoms with E-state index in [-0.39, 0.29) is 6.79 Å². The van der Waals surface area contributed by atoms with E-state index in [4.69, 9.17) is 14.2 Å². The minimum absolute atomic E-state index is 0.224. The van der Waals surface area contributed by atoms with Gasteiger partial charge in [-0.1, -0.05) is 13.8 Å². The molecule has 1 aliphatic heterocycles. The number of carbonyl (C=O) groups excluding carboxylic acids is 1. The first-order valence-corrected chi connectivity index (χ1v) is 5.98. The predicted octanol–water partition coefficient (Wildman–Crippen LogP) is 1.74. The maximum absolute atomic E-state index is 10.1. The van der Waals surface area contributed by atoms with Crippen LogP contribution in [0.1, 0.15) is 19.4 Å². The van der Waals surface area contributed by atoms with E-state index >= 15 is 0 Å². The predicted molar refractivity (Wildman–Crippen MR) is 68.2 cm³/mol. The second-order valence-corrected chi connectivity index (χ2v) is 3.35. The zero-order valence-electron chi connectivity index (χ0n) is 11.0. The van der Waals surface area contributed by atoms with E-state index in [2.05, 4.69) is 5.32 Å². The Hall–Kier alpha value is -1.91. The van der Waals surface area contributed by atoms with Gasteiger partial charge in [0.25, 0.3) is 0 Å². The lowest BCUT2D eigenvalue weighted by atomic mass is 10.1. The highest BCUT2D eigenvalue weighted by molar-refractivity contribution is 5.55. The molecule has 0 unspecified atom stereocenters. The summed E-state index contributed by atoms with van der Waals surface area (Å²) in [6.45, 7) is 4.81. The zero-order valence-corrected chi connectivity index (χ0v) is 11.0. The fourth-order valence-corrected chi connectivity index (χ4v) is 1.60. The summed E-state index contributed by atoms with van der Waals surface area (Å²) in [7, 11) is 1.59. The van der Waals surface area contributed by atoms with E-state index in [1.807, 2.05) is 26.0 Å². The molecule has 1 aromatic rings. The van der Waals surface area contributed by atoms with Crippen LogP contribution in [0.5, 0.6) is 17.2 Å². The minimum atomic E-state index is 0.224.